The van der Waals surface area contributed by atoms with E-state index < -0.39 is 0 Å². The van der Waals surface area contributed by atoms with Crippen molar-refractivity contribution < 1.29 is 14.4 Å². The van der Waals surface area contributed by atoms with E-state index in [9.17, 15) is 14.4 Å². The van der Waals surface area contributed by atoms with Crippen molar-refractivity contribution in [3.8, 4) is 10.6 Å². The number of carbonyl (C=O) groups is 3. The summed E-state index contributed by atoms with van der Waals surface area (Å²) in [5.74, 6) is 0.711. The third kappa shape index (κ3) is 6.78. The average Bonchev–Trinajstić information content (AvgIpc) is 3.56. The minimum absolute atomic E-state index is 0.0550. The van der Waals surface area contributed by atoms with Crippen LogP contribution in [0.1, 0.15) is 74.2 Å². The number of thiophene rings is 1. The van der Waals surface area contributed by atoms with Gasteiger partial charge in [-0.3, -0.25) is 19.3 Å². The van der Waals surface area contributed by atoms with Crippen molar-refractivity contribution in [1.29, 1.82) is 0 Å². The first-order valence-corrected chi connectivity index (χ1v) is 16.9. The van der Waals surface area contributed by atoms with E-state index in [0.717, 1.165) is 59.3 Å². The van der Waals surface area contributed by atoms with Gasteiger partial charge in [0.05, 0.1) is 28.2 Å². The molecule has 1 N–H and O–H groups in total. The third-order valence-electron chi connectivity index (χ3n) is 9.53. The lowest BCUT2D eigenvalue weighted by Crippen LogP contribution is -2.52. The van der Waals surface area contributed by atoms with Gasteiger partial charge in [0.25, 0.3) is 5.91 Å². The van der Waals surface area contributed by atoms with Crippen molar-refractivity contribution in [2.45, 2.75) is 70.9 Å². The van der Waals surface area contributed by atoms with Crippen molar-refractivity contribution in [3.05, 3.63) is 52.9 Å². The number of para-hydroxylation sites is 1. The number of carbonyl (C=O) groups excluding carboxylic acids is 3. The number of piperidine rings is 1. The number of hydrogen-bond acceptors (Lipinski definition) is 6. The van der Waals surface area contributed by atoms with Crippen LogP contribution in [0.25, 0.3) is 21.5 Å². The zero-order valence-corrected chi connectivity index (χ0v) is 26.0. The van der Waals surface area contributed by atoms with Crippen LogP contribution in [0, 0.1) is 5.92 Å². The third-order valence-corrected chi connectivity index (χ3v) is 10.4. The molecule has 6 rings (SSSR count). The predicted molar refractivity (Wildman–Crippen MR) is 171 cm³/mol. The maximum atomic E-state index is 14.2. The lowest BCUT2D eigenvalue weighted by molar-refractivity contribution is -0.139. The Balaban J connectivity index is 1.26. The number of nitrogens with zero attached hydrogens (tertiary/aromatic N) is 4. The summed E-state index contributed by atoms with van der Waals surface area (Å²) in [5.41, 5.74) is 3.19. The second kappa shape index (κ2) is 13.6. The van der Waals surface area contributed by atoms with Crippen molar-refractivity contribution >= 4 is 40.0 Å². The second-order valence-corrected chi connectivity index (χ2v) is 13.3. The summed E-state index contributed by atoms with van der Waals surface area (Å²) in [6, 6.07) is 12.1. The van der Waals surface area contributed by atoms with Crippen LogP contribution in [-0.2, 0) is 16.1 Å². The Morgan fingerprint density at radius 1 is 0.953 bits per heavy atom. The van der Waals surface area contributed by atoms with Crippen LogP contribution in [0.2, 0.25) is 0 Å². The molecule has 4 heterocycles. The molecule has 0 radical (unpaired) electrons. The maximum absolute atomic E-state index is 14.2. The molecule has 8 nitrogen and oxygen atoms in total. The standard InChI is InChI=1S/C34H43N5O3S/c1-24(25-10-3-2-4-11-25)35-34(42)32-26-12-5-6-13-28(26)36-33(29-14-9-21-43-29)27(32)22-37-17-18-39(31(41)23-37)20-19-38-16-8-7-15-30(38)40/h5-6,9,12-14,21,24-25H,2-4,7-8,10-11,15-20,22-23H2,1H3,(H,35,42)/t24-/m0/s1. The fourth-order valence-corrected chi connectivity index (χ4v) is 7.75. The second-order valence-electron chi connectivity index (χ2n) is 12.4. The number of likely N-dealkylation sites (tertiary alicyclic amines) is 1. The first kappa shape index (κ1) is 29.8. The molecule has 3 fully saturated rings. The monoisotopic (exact) mass is 601 g/mol. The molecule has 1 aliphatic carbocycles. The number of pyridine rings is 1. The fraction of sp³-hybridized carbons (Fsp3) is 0.529. The number of rotatable bonds is 9. The highest BCUT2D eigenvalue weighted by Gasteiger charge is 2.30. The van der Waals surface area contributed by atoms with Crippen LogP contribution >= 0.6 is 11.3 Å². The van der Waals surface area contributed by atoms with Gasteiger partial charge in [0.1, 0.15) is 0 Å². The Bertz CT molecular complexity index is 1450. The van der Waals surface area contributed by atoms with Gasteiger partial charge in [-0.1, -0.05) is 43.5 Å². The number of nitrogens with one attached hydrogen (secondary N) is 1. The SMILES string of the molecule is C[C@H](NC(=O)c1c(CN2CCN(CCN3CCCCC3=O)C(=O)C2)c(-c2cccs2)nc2ccccc12)C1CCCCC1. The van der Waals surface area contributed by atoms with Crippen molar-refractivity contribution in [3.63, 3.8) is 0 Å². The molecule has 3 amide bonds. The van der Waals surface area contributed by atoms with E-state index in [1.54, 1.807) is 11.3 Å². The molecule has 1 atom stereocenters. The topological polar surface area (TPSA) is 85.9 Å². The highest BCUT2D eigenvalue weighted by Crippen LogP contribution is 2.34. The summed E-state index contributed by atoms with van der Waals surface area (Å²) in [6.07, 6.45) is 8.66. The van der Waals surface area contributed by atoms with Gasteiger partial charge in [0.15, 0.2) is 0 Å². The smallest absolute Gasteiger partial charge is 0.252 e. The summed E-state index contributed by atoms with van der Waals surface area (Å²) < 4.78 is 0. The highest BCUT2D eigenvalue weighted by molar-refractivity contribution is 7.13. The number of fused-ring (bicyclic) bond motifs is 1. The molecular weight excluding hydrogens is 558 g/mol. The number of hydrogen-bond donors (Lipinski definition) is 1. The molecule has 3 aliphatic rings. The van der Waals surface area contributed by atoms with Gasteiger partial charge in [-0.05, 0) is 56.0 Å². The fourth-order valence-electron chi connectivity index (χ4n) is 7.00. The van der Waals surface area contributed by atoms with E-state index in [2.05, 4.69) is 23.2 Å². The number of benzene rings is 1. The minimum Gasteiger partial charge on any atom is -0.349 e. The minimum atomic E-state index is -0.0550. The van der Waals surface area contributed by atoms with Crippen molar-refractivity contribution in [2.75, 3.05) is 39.3 Å². The lowest BCUT2D eigenvalue weighted by Gasteiger charge is -2.36. The summed E-state index contributed by atoms with van der Waals surface area (Å²) >= 11 is 1.62. The molecule has 228 valence electrons. The predicted octanol–water partition coefficient (Wildman–Crippen LogP) is 5.32. The highest BCUT2D eigenvalue weighted by atomic mass is 32.1. The first-order valence-electron chi connectivity index (χ1n) is 16.0. The Morgan fingerprint density at radius 2 is 1.74 bits per heavy atom. The number of amides is 3. The van der Waals surface area contributed by atoms with E-state index in [0.29, 0.717) is 50.6 Å². The van der Waals surface area contributed by atoms with Gasteiger partial charge < -0.3 is 15.1 Å². The van der Waals surface area contributed by atoms with Crippen LogP contribution in [0.3, 0.4) is 0 Å². The van der Waals surface area contributed by atoms with Crippen LogP contribution in [-0.4, -0.2) is 82.7 Å². The quantitative estimate of drug-likeness (QED) is 0.359. The summed E-state index contributed by atoms with van der Waals surface area (Å²) in [4.78, 5) is 51.8. The molecule has 0 unspecified atom stereocenters. The lowest BCUT2D eigenvalue weighted by atomic mass is 9.84. The van der Waals surface area contributed by atoms with Gasteiger partial charge in [0, 0.05) is 62.7 Å². The van der Waals surface area contributed by atoms with Gasteiger partial charge in [-0.15, -0.1) is 11.3 Å². The van der Waals surface area contributed by atoms with E-state index in [4.69, 9.17) is 4.98 Å². The molecule has 1 saturated carbocycles. The maximum Gasteiger partial charge on any atom is 0.252 e. The molecule has 3 aromatic rings. The van der Waals surface area contributed by atoms with E-state index in [-0.39, 0.29) is 30.3 Å². The zero-order chi connectivity index (χ0) is 29.8. The Labute approximate surface area is 258 Å². The summed E-state index contributed by atoms with van der Waals surface area (Å²) in [7, 11) is 0. The number of aromatic nitrogens is 1. The van der Waals surface area contributed by atoms with Gasteiger partial charge in [-0.25, -0.2) is 4.98 Å². The summed E-state index contributed by atoms with van der Waals surface area (Å²) in [5, 5.41) is 6.27. The van der Waals surface area contributed by atoms with Crippen molar-refractivity contribution in [1.82, 2.24) is 25.0 Å². The Morgan fingerprint density at radius 3 is 2.49 bits per heavy atom. The van der Waals surface area contributed by atoms with Crippen LogP contribution in [0.15, 0.2) is 41.8 Å². The van der Waals surface area contributed by atoms with Gasteiger partial charge in [0.2, 0.25) is 11.8 Å². The molecule has 2 aromatic heterocycles. The Hall–Kier alpha value is -3.30. The van der Waals surface area contributed by atoms with Crippen molar-refractivity contribution in [2.24, 2.45) is 5.92 Å². The molecule has 1 aromatic carbocycles. The molecule has 9 heteroatoms. The average molecular weight is 602 g/mol. The van der Waals surface area contributed by atoms with Gasteiger partial charge >= 0.3 is 0 Å². The number of piperazine rings is 1. The molecule has 2 aliphatic heterocycles. The normalized spacial score (nSPS) is 19.7. The molecule has 43 heavy (non-hydrogen) atoms. The van der Waals surface area contributed by atoms with E-state index >= 15 is 0 Å². The largest absolute Gasteiger partial charge is 0.349 e. The molecule has 2 saturated heterocycles. The van der Waals surface area contributed by atoms with E-state index in [1.807, 2.05) is 45.5 Å². The Kier molecular flexibility index (Phi) is 9.38. The first-order chi connectivity index (χ1) is 21.0. The zero-order valence-electron chi connectivity index (χ0n) is 25.2. The van der Waals surface area contributed by atoms with Gasteiger partial charge in [-0.2, -0.15) is 0 Å². The van der Waals surface area contributed by atoms with Crippen LogP contribution in [0.5, 0.6) is 0 Å². The summed E-state index contributed by atoms with van der Waals surface area (Å²) in [6.45, 7) is 6.17. The van der Waals surface area contributed by atoms with E-state index in [1.165, 1.54) is 19.3 Å². The van der Waals surface area contributed by atoms with Crippen LogP contribution in [0.4, 0.5) is 0 Å². The molecule has 0 bridgehead atoms. The van der Waals surface area contributed by atoms with Crippen LogP contribution < -0.4 is 5.32 Å². The molecular formula is C34H43N5O3S. The molecule has 0 spiro atoms.